The molecular formula is C24H18BBrO2. The topological polar surface area (TPSA) is 18.5 Å². The van der Waals surface area contributed by atoms with Crippen molar-refractivity contribution in [2.24, 2.45) is 0 Å². The lowest BCUT2D eigenvalue weighted by Crippen LogP contribution is -2.07. The molecule has 0 saturated carbocycles. The van der Waals surface area contributed by atoms with Gasteiger partial charge in [0.2, 0.25) is 0 Å². The summed E-state index contributed by atoms with van der Waals surface area (Å²) in [5.74, 6) is 1.78. The predicted octanol–water partition coefficient (Wildman–Crippen LogP) is 5.77. The maximum Gasteiger partial charge on any atom is 0.127 e. The molecule has 5 rings (SSSR count). The molecule has 1 aliphatic heterocycles. The van der Waals surface area contributed by atoms with Gasteiger partial charge in [-0.15, -0.1) is 0 Å². The Hall–Kier alpha value is -2.46. The van der Waals surface area contributed by atoms with Gasteiger partial charge in [0.05, 0.1) is 13.2 Å². The fraction of sp³-hybridized carbons (Fsp3) is 0.167. The zero-order valence-corrected chi connectivity index (χ0v) is 17.0. The van der Waals surface area contributed by atoms with Crippen LogP contribution in [0.4, 0.5) is 0 Å². The number of ether oxygens (including phenoxy) is 2. The molecule has 2 nitrogen and oxygen atoms in total. The van der Waals surface area contributed by atoms with Gasteiger partial charge in [-0.2, -0.15) is 0 Å². The van der Waals surface area contributed by atoms with Crippen molar-refractivity contribution in [2.75, 3.05) is 13.2 Å². The maximum atomic E-state index is 6.24. The van der Waals surface area contributed by atoms with Crippen LogP contribution in [-0.4, -0.2) is 21.1 Å². The minimum Gasteiger partial charge on any atom is -0.493 e. The molecule has 2 radical (unpaired) electrons. The fourth-order valence-electron chi connectivity index (χ4n) is 3.93. The van der Waals surface area contributed by atoms with Crippen molar-refractivity contribution in [3.05, 3.63) is 65.1 Å². The molecule has 0 aliphatic carbocycles. The Morgan fingerprint density at radius 1 is 0.679 bits per heavy atom. The van der Waals surface area contributed by atoms with Crippen LogP contribution in [0.3, 0.4) is 0 Å². The van der Waals surface area contributed by atoms with Gasteiger partial charge < -0.3 is 9.47 Å². The molecule has 1 heterocycles. The summed E-state index contributed by atoms with van der Waals surface area (Å²) in [5.41, 5.74) is 2.91. The first-order chi connectivity index (χ1) is 13.7. The van der Waals surface area contributed by atoms with E-state index < -0.39 is 0 Å². The molecule has 4 heteroatoms. The number of hydrogen-bond donors (Lipinski definition) is 0. The average Bonchev–Trinajstić information content (AvgIpc) is 2.70. The Morgan fingerprint density at radius 3 is 1.89 bits per heavy atom. The van der Waals surface area contributed by atoms with Gasteiger partial charge in [-0.05, 0) is 58.7 Å². The van der Waals surface area contributed by atoms with E-state index >= 15 is 0 Å². The highest BCUT2D eigenvalue weighted by Crippen LogP contribution is 2.46. The average molecular weight is 429 g/mol. The van der Waals surface area contributed by atoms with Crippen LogP contribution in [0.15, 0.2) is 65.1 Å². The Morgan fingerprint density at radius 2 is 1.25 bits per heavy atom. The van der Waals surface area contributed by atoms with Crippen LogP contribution in [0.5, 0.6) is 11.5 Å². The lowest BCUT2D eigenvalue weighted by molar-refractivity contribution is 0.264. The first-order valence-corrected chi connectivity index (χ1v) is 10.3. The maximum absolute atomic E-state index is 6.24. The molecule has 0 N–H and O–H groups in total. The molecule has 4 aromatic carbocycles. The molecule has 136 valence electrons. The molecule has 0 atom stereocenters. The highest BCUT2D eigenvalue weighted by Gasteiger charge is 2.20. The minimum absolute atomic E-state index is 0.683. The van der Waals surface area contributed by atoms with Crippen molar-refractivity contribution in [1.82, 2.24) is 0 Å². The molecule has 28 heavy (non-hydrogen) atoms. The molecule has 1 aliphatic rings. The van der Waals surface area contributed by atoms with Crippen LogP contribution in [0.2, 0.25) is 0 Å². The van der Waals surface area contributed by atoms with E-state index in [9.17, 15) is 0 Å². The summed E-state index contributed by atoms with van der Waals surface area (Å²) in [5, 5.41) is 4.52. The second-order valence-corrected chi connectivity index (χ2v) is 8.04. The van der Waals surface area contributed by atoms with Crippen LogP contribution in [-0.2, 0) is 0 Å². The van der Waals surface area contributed by atoms with Crippen molar-refractivity contribution >= 4 is 50.8 Å². The molecular weight excluding hydrogens is 411 g/mol. The quantitative estimate of drug-likeness (QED) is 0.331. The third kappa shape index (κ3) is 3.06. The van der Waals surface area contributed by atoms with Crippen molar-refractivity contribution in [3.63, 3.8) is 0 Å². The standard InChI is InChI=1S/C24H18BBrO2/c25-17-5-7-19-15(13-17)3-9-21-23(19)24-20-8-6-18(26)14-16(20)4-10-22(24)28-12-2-1-11-27-21/h3-10,13-14H,1-2,11-12H2. The molecule has 0 amide bonds. The van der Waals surface area contributed by atoms with Crippen LogP contribution in [0.25, 0.3) is 32.7 Å². The number of fused-ring (bicyclic) bond motifs is 7. The summed E-state index contributed by atoms with van der Waals surface area (Å²) < 4.78 is 13.5. The first kappa shape index (κ1) is 17.6. The van der Waals surface area contributed by atoms with E-state index in [2.05, 4.69) is 64.5 Å². The smallest absolute Gasteiger partial charge is 0.127 e. The van der Waals surface area contributed by atoms with Crippen LogP contribution in [0.1, 0.15) is 12.8 Å². The van der Waals surface area contributed by atoms with Gasteiger partial charge in [0.15, 0.2) is 0 Å². The lowest BCUT2D eigenvalue weighted by Gasteiger charge is -2.21. The van der Waals surface area contributed by atoms with E-state index in [1.807, 2.05) is 12.1 Å². The second-order valence-electron chi connectivity index (χ2n) is 7.13. The van der Waals surface area contributed by atoms with E-state index in [-0.39, 0.29) is 0 Å². The van der Waals surface area contributed by atoms with E-state index in [0.717, 1.165) is 66.9 Å². The zero-order valence-electron chi connectivity index (χ0n) is 15.4. The van der Waals surface area contributed by atoms with Gasteiger partial charge in [0.1, 0.15) is 19.3 Å². The number of hydrogen-bond acceptors (Lipinski definition) is 2. The normalized spacial score (nSPS) is 14.0. The third-order valence-corrected chi connectivity index (χ3v) is 5.75. The SMILES string of the molecule is [B]c1ccc2c3c(ccc2c1)OCCCCOc1ccc2cc(Br)ccc2c1-3. The molecule has 0 aromatic heterocycles. The summed E-state index contributed by atoms with van der Waals surface area (Å²) in [4.78, 5) is 0. The monoisotopic (exact) mass is 428 g/mol. The summed E-state index contributed by atoms with van der Waals surface area (Å²) in [6, 6.07) is 20.7. The van der Waals surface area contributed by atoms with E-state index in [0.29, 0.717) is 13.2 Å². The lowest BCUT2D eigenvalue weighted by atomic mass is 9.88. The molecule has 0 saturated heterocycles. The molecule has 0 unspecified atom stereocenters. The number of rotatable bonds is 0. The van der Waals surface area contributed by atoms with Crippen LogP contribution >= 0.6 is 15.9 Å². The Balaban J connectivity index is 1.92. The van der Waals surface area contributed by atoms with Crippen molar-refractivity contribution in [2.45, 2.75) is 12.8 Å². The van der Waals surface area contributed by atoms with Crippen molar-refractivity contribution in [1.29, 1.82) is 0 Å². The minimum atomic E-state index is 0.683. The third-order valence-electron chi connectivity index (χ3n) is 5.25. The van der Waals surface area contributed by atoms with Crippen molar-refractivity contribution in [3.8, 4) is 22.6 Å². The second kappa shape index (κ2) is 7.18. The summed E-state index contributed by atoms with van der Waals surface area (Å²) >= 11 is 3.59. The van der Waals surface area contributed by atoms with Gasteiger partial charge in [-0.25, -0.2) is 0 Å². The van der Waals surface area contributed by atoms with E-state index in [4.69, 9.17) is 17.3 Å². The van der Waals surface area contributed by atoms with E-state index in [1.54, 1.807) is 0 Å². The summed E-state index contributed by atoms with van der Waals surface area (Å²) in [7, 11) is 6.04. The molecule has 0 spiro atoms. The van der Waals surface area contributed by atoms with Gasteiger partial charge in [0, 0.05) is 15.6 Å². The number of benzene rings is 4. The molecule has 4 aromatic rings. The van der Waals surface area contributed by atoms with Gasteiger partial charge in [0.25, 0.3) is 0 Å². The Labute approximate surface area is 174 Å². The largest absolute Gasteiger partial charge is 0.493 e. The Bertz CT molecular complexity index is 1110. The van der Waals surface area contributed by atoms with E-state index in [1.165, 1.54) is 0 Å². The predicted molar refractivity (Wildman–Crippen MR) is 120 cm³/mol. The Kier molecular flexibility index (Phi) is 4.52. The number of halogens is 1. The van der Waals surface area contributed by atoms with Gasteiger partial charge in [-0.3, -0.25) is 0 Å². The van der Waals surface area contributed by atoms with Crippen LogP contribution in [0, 0.1) is 0 Å². The fourth-order valence-corrected chi connectivity index (χ4v) is 4.31. The molecule has 0 bridgehead atoms. The molecule has 0 fully saturated rings. The van der Waals surface area contributed by atoms with Gasteiger partial charge >= 0.3 is 0 Å². The summed E-state index contributed by atoms with van der Waals surface area (Å²) in [6.45, 7) is 1.37. The van der Waals surface area contributed by atoms with Crippen LogP contribution < -0.4 is 14.9 Å². The highest BCUT2D eigenvalue weighted by molar-refractivity contribution is 9.10. The summed E-state index contributed by atoms with van der Waals surface area (Å²) in [6.07, 6.45) is 1.94. The first-order valence-electron chi connectivity index (χ1n) is 9.51. The van der Waals surface area contributed by atoms with Crippen molar-refractivity contribution < 1.29 is 9.47 Å². The highest BCUT2D eigenvalue weighted by atomic mass is 79.9. The zero-order chi connectivity index (χ0) is 19.1. The van der Waals surface area contributed by atoms with Gasteiger partial charge in [-0.1, -0.05) is 57.8 Å².